The molecule has 1 aliphatic rings. The highest BCUT2D eigenvalue weighted by atomic mass is 16.5. The molecule has 2 N–H and O–H groups in total. The molecule has 1 unspecified atom stereocenters. The van der Waals surface area contributed by atoms with Gasteiger partial charge in [-0.05, 0) is 17.7 Å². The van der Waals surface area contributed by atoms with E-state index in [0.717, 1.165) is 18.7 Å². The smallest absolute Gasteiger partial charge is 0.240 e. The minimum atomic E-state index is -0.169. The number of amides is 1. The van der Waals surface area contributed by atoms with Crippen molar-refractivity contribution in [3.63, 3.8) is 0 Å². The molecule has 1 aromatic carbocycles. The Morgan fingerprint density at radius 1 is 1.52 bits per heavy atom. The molecule has 1 heterocycles. The van der Waals surface area contributed by atoms with Crippen molar-refractivity contribution >= 4 is 5.91 Å². The zero-order valence-electron chi connectivity index (χ0n) is 12.8. The minimum Gasteiger partial charge on any atom is -0.504 e. The molecule has 0 saturated carbocycles. The van der Waals surface area contributed by atoms with Gasteiger partial charge in [-0.3, -0.25) is 9.69 Å². The number of hydrogen-bond donors (Lipinski definition) is 2. The summed E-state index contributed by atoms with van der Waals surface area (Å²) in [5.74, 6) is 0.681. The Hall–Kier alpha value is -1.79. The Labute approximate surface area is 125 Å². The summed E-state index contributed by atoms with van der Waals surface area (Å²) in [6.07, 6.45) is 0. The molecular formula is C15H23N3O3. The largest absolute Gasteiger partial charge is 0.504 e. The predicted octanol–water partition coefficient (Wildman–Crippen LogP) is 0.263. The minimum absolute atomic E-state index is 0.0972. The summed E-state index contributed by atoms with van der Waals surface area (Å²) in [5, 5.41) is 13.1. The zero-order valence-corrected chi connectivity index (χ0v) is 12.8. The van der Waals surface area contributed by atoms with E-state index in [1.54, 1.807) is 31.1 Å². The van der Waals surface area contributed by atoms with E-state index in [1.165, 1.54) is 7.11 Å². The quantitative estimate of drug-likeness (QED) is 0.834. The Morgan fingerprint density at radius 2 is 2.29 bits per heavy atom. The molecule has 1 aliphatic heterocycles. The Kier molecular flexibility index (Phi) is 5.03. The number of carbonyl (C=O) groups is 1. The number of benzene rings is 1. The van der Waals surface area contributed by atoms with Crippen molar-refractivity contribution < 1.29 is 14.6 Å². The maximum absolute atomic E-state index is 12.2. The Bertz CT molecular complexity index is 505. The molecular weight excluding hydrogens is 270 g/mol. The number of nitrogens with one attached hydrogen (secondary N) is 1. The van der Waals surface area contributed by atoms with E-state index in [9.17, 15) is 9.90 Å². The highest BCUT2D eigenvalue weighted by molar-refractivity contribution is 5.81. The molecule has 1 saturated heterocycles. The van der Waals surface area contributed by atoms with E-state index < -0.39 is 0 Å². The van der Waals surface area contributed by atoms with Gasteiger partial charge in [0.05, 0.1) is 7.11 Å². The lowest BCUT2D eigenvalue weighted by Gasteiger charge is -2.36. The second-order valence-electron chi connectivity index (χ2n) is 5.43. The fraction of sp³-hybridized carbons (Fsp3) is 0.533. The van der Waals surface area contributed by atoms with E-state index >= 15 is 0 Å². The van der Waals surface area contributed by atoms with Crippen LogP contribution in [0.15, 0.2) is 18.2 Å². The van der Waals surface area contributed by atoms with Crippen LogP contribution in [-0.2, 0) is 11.3 Å². The van der Waals surface area contributed by atoms with Crippen molar-refractivity contribution in [1.82, 2.24) is 15.1 Å². The maximum Gasteiger partial charge on any atom is 0.240 e. The molecule has 0 spiro atoms. The monoisotopic (exact) mass is 293 g/mol. The van der Waals surface area contributed by atoms with Crippen molar-refractivity contribution in [3.8, 4) is 11.5 Å². The first kappa shape index (κ1) is 15.6. The number of phenols is 1. The van der Waals surface area contributed by atoms with Crippen LogP contribution in [-0.4, -0.2) is 67.7 Å². The molecule has 0 aromatic heterocycles. The van der Waals surface area contributed by atoms with Crippen LogP contribution >= 0.6 is 0 Å². The molecule has 1 atom stereocenters. The lowest BCUT2D eigenvalue weighted by molar-refractivity contribution is -0.135. The number of hydrogen-bond acceptors (Lipinski definition) is 5. The second-order valence-corrected chi connectivity index (χ2v) is 5.43. The summed E-state index contributed by atoms with van der Waals surface area (Å²) in [6.45, 7) is 2.94. The molecule has 2 rings (SSSR count). The number of ether oxygens (including phenoxy) is 1. The molecule has 1 amide bonds. The third-order valence-corrected chi connectivity index (χ3v) is 3.71. The summed E-state index contributed by atoms with van der Waals surface area (Å²) in [4.78, 5) is 16.0. The molecule has 0 aliphatic carbocycles. The number of likely N-dealkylation sites (N-methyl/N-ethyl adjacent to an activating group) is 1. The fourth-order valence-electron chi connectivity index (χ4n) is 2.55. The molecule has 21 heavy (non-hydrogen) atoms. The number of carbonyl (C=O) groups excluding carboxylic acids is 1. The number of rotatable bonds is 4. The average Bonchev–Trinajstić information content (AvgIpc) is 2.47. The number of methoxy groups -OCH3 is 1. The molecule has 0 radical (unpaired) electrons. The van der Waals surface area contributed by atoms with Gasteiger partial charge in [-0.1, -0.05) is 6.07 Å². The third kappa shape index (κ3) is 3.65. The second kappa shape index (κ2) is 6.78. The lowest BCUT2D eigenvalue weighted by atomic mass is 10.1. The van der Waals surface area contributed by atoms with Crippen LogP contribution in [0.3, 0.4) is 0 Å². The van der Waals surface area contributed by atoms with Crippen LogP contribution in [0.5, 0.6) is 11.5 Å². The van der Waals surface area contributed by atoms with Gasteiger partial charge in [0.25, 0.3) is 0 Å². The van der Waals surface area contributed by atoms with Crippen LogP contribution in [0, 0.1) is 0 Å². The average molecular weight is 293 g/mol. The fourth-order valence-corrected chi connectivity index (χ4v) is 2.55. The molecule has 1 fully saturated rings. The van der Waals surface area contributed by atoms with E-state index in [4.69, 9.17) is 4.74 Å². The van der Waals surface area contributed by atoms with Gasteiger partial charge in [0.2, 0.25) is 5.91 Å². The van der Waals surface area contributed by atoms with Gasteiger partial charge in [0.1, 0.15) is 6.04 Å². The highest BCUT2D eigenvalue weighted by Gasteiger charge is 2.29. The van der Waals surface area contributed by atoms with Crippen molar-refractivity contribution in [2.24, 2.45) is 0 Å². The Balaban J connectivity index is 2.12. The van der Waals surface area contributed by atoms with Gasteiger partial charge in [0, 0.05) is 40.3 Å². The van der Waals surface area contributed by atoms with Crippen LogP contribution in [0.25, 0.3) is 0 Å². The van der Waals surface area contributed by atoms with Crippen LogP contribution in [0.4, 0.5) is 0 Å². The van der Waals surface area contributed by atoms with Crippen molar-refractivity contribution in [1.29, 1.82) is 0 Å². The van der Waals surface area contributed by atoms with Crippen LogP contribution in [0.1, 0.15) is 5.56 Å². The first-order valence-electron chi connectivity index (χ1n) is 7.04. The van der Waals surface area contributed by atoms with Crippen LogP contribution < -0.4 is 10.1 Å². The van der Waals surface area contributed by atoms with E-state index in [1.807, 2.05) is 6.07 Å². The topological polar surface area (TPSA) is 65.0 Å². The van der Waals surface area contributed by atoms with Gasteiger partial charge in [-0.25, -0.2) is 0 Å². The summed E-state index contributed by atoms with van der Waals surface area (Å²) in [5.41, 5.74) is 0.965. The lowest BCUT2D eigenvalue weighted by Crippen LogP contribution is -2.57. The standard InChI is InChI=1S/C15H23N3O3/c1-17(2)15(20)12-9-16-6-7-18(12)10-11-4-5-14(21-3)13(19)8-11/h4-5,8,12,16,19H,6-7,9-10H2,1-3H3. The van der Waals surface area contributed by atoms with Gasteiger partial charge in [0.15, 0.2) is 11.5 Å². The van der Waals surface area contributed by atoms with Crippen LogP contribution in [0.2, 0.25) is 0 Å². The molecule has 1 aromatic rings. The third-order valence-electron chi connectivity index (χ3n) is 3.71. The zero-order chi connectivity index (χ0) is 15.4. The van der Waals surface area contributed by atoms with Crippen molar-refractivity contribution in [2.45, 2.75) is 12.6 Å². The Morgan fingerprint density at radius 3 is 2.90 bits per heavy atom. The number of piperazine rings is 1. The number of nitrogens with zero attached hydrogens (tertiary/aromatic N) is 2. The van der Waals surface area contributed by atoms with Crippen molar-refractivity contribution in [3.05, 3.63) is 23.8 Å². The van der Waals surface area contributed by atoms with E-state index in [-0.39, 0.29) is 17.7 Å². The summed E-state index contributed by atoms with van der Waals surface area (Å²) in [7, 11) is 5.07. The predicted molar refractivity (Wildman–Crippen MR) is 80.4 cm³/mol. The van der Waals surface area contributed by atoms with Gasteiger partial charge in [-0.2, -0.15) is 0 Å². The summed E-state index contributed by atoms with van der Waals surface area (Å²) >= 11 is 0. The molecule has 0 bridgehead atoms. The summed E-state index contributed by atoms with van der Waals surface area (Å²) < 4.78 is 5.05. The first-order valence-corrected chi connectivity index (χ1v) is 7.04. The molecule has 116 valence electrons. The van der Waals surface area contributed by atoms with E-state index in [2.05, 4.69) is 10.2 Å². The molecule has 6 nitrogen and oxygen atoms in total. The first-order chi connectivity index (χ1) is 10.0. The SMILES string of the molecule is COc1ccc(CN2CCNCC2C(=O)N(C)C)cc1O. The van der Waals surface area contributed by atoms with Crippen molar-refractivity contribution in [2.75, 3.05) is 40.8 Å². The normalized spacial score (nSPS) is 19.3. The van der Waals surface area contributed by atoms with Gasteiger partial charge < -0.3 is 20.1 Å². The molecule has 6 heteroatoms. The van der Waals surface area contributed by atoms with Gasteiger partial charge >= 0.3 is 0 Å². The summed E-state index contributed by atoms with van der Waals surface area (Å²) in [6, 6.07) is 5.18. The number of phenolic OH excluding ortho intramolecular Hbond substituents is 1. The van der Waals surface area contributed by atoms with E-state index in [0.29, 0.717) is 18.8 Å². The number of aromatic hydroxyl groups is 1. The maximum atomic E-state index is 12.2. The van der Waals surface area contributed by atoms with Gasteiger partial charge in [-0.15, -0.1) is 0 Å². The highest BCUT2D eigenvalue weighted by Crippen LogP contribution is 2.27.